The molecule has 1 amide bonds. The van der Waals surface area contributed by atoms with Crippen LogP contribution in [-0.2, 0) is 4.79 Å². The Morgan fingerprint density at radius 1 is 1.21 bits per heavy atom. The largest absolute Gasteiger partial charge is 0.325 e. The average Bonchev–Trinajstić information content (AvgIpc) is 3.00. The van der Waals surface area contributed by atoms with Gasteiger partial charge in [0, 0.05) is 17.0 Å². The zero-order valence-corrected chi connectivity index (χ0v) is 15.1. The van der Waals surface area contributed by atoms with E-state index in [4.69, 9.17) is 11.6 Å². The minimum absolute atomic E-state index is 0.0353. The molecule has 1 heterocycles. The van der Waals surface area contributed by atoms with Crippen LogP contribution in [0.25, 0.3) is 20.8 Å². The molecule has 0 aliphatic rings. The fraction of sp³-hybridized carbons (Fsp3) is 0.263. The number of carbonyl (C=O) groups is 1. The lowest BCUT2D eigenvalue weighted by molar-refractivity contribution is -0.116. The van der Waals surface area contributed by atoms with E-state index in [1.54, 1.807) is 17.4 Å². The maximum atomic E-state index is 12.2. The van der Waals surface area contributed by atoms with Crippen molar-refractivity contribution in [1.82, 2.24) is 4.98 Å². The number of carbonyl (C=O) groups excluding carboxylic acids is 1. The fourth-order valence-electron chi connectivity index (χ4n) is 2.54. The molecular weight excluding hydrogens is 340 g/mol. The normalized spacial score (nSPS) is 10.9. The van der Waals surface area contributed by atoms with E-state index >= 15 is 0 Å². The SMILES string of the molecule is CCCCCC(=O)Nc1ccc(Cl)cc1-c1nc2ccccc2s1. The highest BCUT2D eigenvalue weighted by Crippen LogP contribution is 2.36. The van der Waals surface area contributed by atoms with Crippen molar-refractivity contribution in [3.05, 3.63) is 47.5 Å². The van der Waals surface area contributed by atoms with E-state index in [-0.39, 0.29) is 5.91 Å². The molecule has 0 aliphatic heterocycles. The van der Waals surface area contributed by atoms with Gasteiger partial charge in [-0.2, -0.15) is 0 Å². The summed E-state index contributed by atoms with van der Waals surface area (Å²) in [6, 6.07) is 13.5. The topological polar surface area (TPSA) is 42.0 Å². The van der Waals surface area contributed by atoms with Crippen molar-refractivity contribution in [3.63, 3.8) is 0 Å². The molecule has 0 saturated carbocycles. The fourth-order valence-corrected chi connectivity index (χ4v) is 3.71. The van der Waals surface area contributed by atoms with Gasteiger partial charge in [-0.15, -0.1) is 11.3 Å². The molecule has 0 atom stereocenters. The number of hydrogen-bond donors (Lipinski definition) is 1. The van der Waals surface area contributed by atoms with Gasteiger partial charge in [-0.05, 0) is 36.8 Å². The van der Waals surface area contributed by atoms with E-state index in [0.717, 1.165) is 45.7 Å². The van der Waals surface area contributed by atoms with Gasteiger partial charge < -0.3 is 5.32 Å². The molecule has 3 aromatic rings. The van der Waals surface area contributed by atoms with Gasteiger partial charge in [0.25, 0.3) is 0 Å². The molecule has 0 radical (unpaired) electrons. The Morgan fingerprint density at radius 3 is 2.83 bits per heavy atom. The first-order valence-electron chi connectivity index (χ1n) is 8.12. The van der Waals surface area contributed by atoms with Crippen LogP contribution in [0.5, 0.6) is 0 Å². The molecule has 24 heavy (non-hydrogen) atoms. The number of unbranched alkanes of at least 4 members (excludes halogenated alkanes) is 2. The van der Waals surface area contributed by atoms with Gasteiger partial charge in [0.05, 0.1) is 15.9 Å². The first-order valence-corrected chi connectivity index (χ1v) is 9.32. The minimum atomic E-state index is 0.0353. The first kappa shape index (κ1) is 16.9. The minimum Gasteiger partial charge on any atom is -0.325 e. The molecule has 0 saturated heterocycles. The Balaban J connectivity index is 1.89. The van der Waals surface area contributed by atoms with Gasteiger partial charge in [0.15, 0.2) is 0 Å². The molecule has 5 heteroatoms. The summed E-state index contributed by atoms with van der Waals surface area (Å²) in [6.07, 6.45) is 3.62. The highest BCUT2D eigenvalue weighted by molar-refractivity contribution is 7.21. The van der Waals surface area contributed by atoms with Crippen molar-refractivity contribution in [2.24, 2.45) is 0 Å². The van der Waals surface area contributed by atoms with Gasteiger partial charge in [-0.25, -0.2) is 4.98 Å². The van der Waals surface area contributed by atoms with Gasteiger partial charge in [0.2, 0.25) is 5.91 Å². The van der Waals surface area contributed by atoms with Gasteiger partial charge in [0.1, 0.15) is 5.01 Å². The third-order valence-electron chi connectivity index (χ3n) is 3.79. The zero-order valence-electron chi connectivity index (χ0n) is 13.5. The van der Waals surface area contributed by atoms with Crippen LogP contribution < -0.4 is 5.32 Å². The third-order valence-corrected chi connectivity index (χ3v) is 5.09. The van der Waals surface area contributed by atoms with E-state index in [2.05, 4.69) is 17.2 Å². The van der Waals surface area contributed by atoms with Crippen molar-refractivity contribution >= 4 is 44.7 Å². The highest BCUT2D eigenvalue weighted by atomic mass is 35.5. The number of para-hydroxylation sites is 1. The van der Waals surface area contributed by atoms with Crippen LogP contribution in [0.1, 0.15) is 32.6 Å². The summed E-state index contributed by atoms with van der Waals surface area (Å²) in [6.45, 7) is 2.13. The highest BCUT2D eigenvalue weighted by Gasteiger charge is 2.13. The van der Waals surface area contributed by atoms with Crippen LogP contribution in [0.4, 0.5) is 5.69 Å². The Morgan fingerprint density at radius 2 is 2.04 bits per heavy atom. The Hall–Kier alpha value is -1.91. The number of fused-ring (bicyclic) bond motifs is 1. The first-order chi connectivity index (χ1) is 11.7. The quantitative estimate of drug-likeness (QED) is 0.538. The standard InChI is InChI=1S/C19H19ClN2OS/c1-2-3-4-9-18(23)21-15-11-10-13(20)12-14(15)19-22-16-7-5-6-8-17(16)24-19/h5-8,10-12H,2-4,9H2,1H3,(H,21,23). The maximum Gasteiger partial charge on any atom is 0.224 e. The molecule has 2 aromatic carbocycles. The second kappa shape index (κ2) is 7.77. The summed E-state index contributed by atoms with van der Waals surface area (Å²) in [4.78, 5) is 16.8. The van der Waals surface area contributed by atoms with Crippen molar-refractivity contribution in [3.8, 4) is 10.6 Å². The lowest BCUT2D eigenvalue weighted by Gasteiger charge is -2.10. The molecule has 3 rings (SSSR count). The number of benzene rings is 2. The van der Waals surface area contributed by atoms with Crippen LogP contribution in [0.2, 0.25) is 5.02 Å². The van der Waals surface area contributed by atoms with Crippen LogP contribution >= 0.6 is 22.9 Å². The van der Waals surface area contributed by atoms with Crippen LogP contribution in [-0.4, -0.2) is 10.9 Å². The number of amides is 1. The predicted octanol–water partition coefficient (Wildman–Crippen LogP) is 6.14. The Labute approximate surface area is 150 Å². The van der Waals surface area contributed by atoms with Crippen molar-refractivity contribution in [1.29, 1.82) is 0 Å². The van der Waals surface area contributed by atoms with E-state index in [1.165, 1.54) is 0 Å². The molecule has 3 nitrogen and oxygen atoms in total. The number of nitrogens with zero attached hydrogens (tertiary/aromatic N) is 1. The molecule has 0 aliphatic carbocycles. The van der Waals surface area contributed by atoms with Crippen molar-refractivity contribution < 1.29 is 4.79 Å². The number of aromatic nitrogens is 1. The number of anilines is 1. The smallest absolute Gasteiger partial charge is 0.224 e. The predicted molar refractivity (Wildman–Crippen MR) is 103 cm³/mol. The van der Waals surface area contributed by atoms with Crippen LogP contribution in [0.3, 0.4) is 0 Å². The lowest BCUT2D eigenvalue weighted by atomic mass is 10.1. The van der Waals surface area contributed by atoms with Gasteiger partial charge in [-0.1, -0.05) is 43.5 Å². The summed E-state index contributed by atoms with van der Waals surface area (Å²) < 4.78 is 1.12. The zero-order chi connectivity index (χ0) is 16.9. The van der Waals surface area contributed by atoms with Crippen LogP contribution in [0.15, 0.2) is 42.5 Å². The molecule has 1 N–H and O–H groups in total. The van der Waals surface area contributed by atoms with Crippen molar-refractivity contribution in [2.75, 3.05) is 5.32 Å². The average molecular weight is 359 g/mol. The summed E-state index contributed by atoms with van der Waals surface area (Å²) in [5.74, 6) is 0.0353. The van der Waals surface area contributed by atoms with E-state index < -0.39 is 0 Å². The number of rotatable bonds is 6. The van der Waals surface area contributed by atoms with Crippen LogP contribution in [0, 0.1) is 0 Å². The molecule has 0 unspecified atom stereocenters. The second-order valence-electron chi connectivity index (χ2n) is 5.68. The number of thiazole rings is 1. The number of nitrogens with one attached hydrogen (secondary N) is 1. The molecular formula is C19H19ClN2OS. The molecule has 0 spiro atoms. The van der Waals surface area contributed by atoms with Gasteiger partial charge >= 0.3 is 0 Å². The second-order valence-corrected chi connectivity index (χ2v) is 7.15. The van der Waals surface area contributed by atoms with E-state index in [9.17, 15) is 4.79 Å². The van der Waals surface area contributed by atoms with Gasteiger partial charge in [-0.3, -0.25) is 4.79 Å². The summed E-state index contributed by atoms with van der Waals surface area (Å²) in [5.41, 5.74) is 2.59. The monoisotopic (exact) mass is 358 g/mol. The van der Waals surface area contributed by atoms with E-state index in [1.807, 2.05) is 36.4 Å². The Bertz CT molecular complexity index is 826. The number of halogens is 1. The number of hydrogen-bond acceptors (Lipinski definition) is 3. The summed E-state index contributed by atoms with van der Waals surface area (Å²) in [5, 5.41) is 4.50. The molecule has 0 bridgehead atoms. The maximum absolute atomic E-state index is 12.2. The summed E-state index contributed by atoms with van der Waals surface area (Å²) >= 11 is 7.77. The molecule has 0 fully saturated rings. The molecule has 1 aromatic heterocycles. The van der Waals surface area contributed by atoms with E-state index in [0.29, 0.717) is 11.4 Å². The lowest BCUT2D eigenvalue weighted by Crippen LogP contribution is -2.11. The third kappa shape index (κ3) is 3.94. The van der Waals surface area contributed by atoms with Crippen molar-refractivity contribution in [2.45, 2.75) is 32.6 Å². The molecule has 124 valence electrons. The Kier molecular flexibility index (Phi) is 5.48. The summed E-state index contributed by atoms with van der Waals surface area (Å²) in [7, 11) is 0.